The van der Waals surface area contributed by atoms with E-state index >= 15 is 0 Å². The molecule has 0 aliphatic rings. The van der Waals surface area contributed by atoms with Crippen LogP contribution in [0.2, 0.25) is 5.02 Å². The number of nitriles is 1. The van der Waals surface area contributed by atoms with Crippen molar-refractivity contribution in [1.82, 2.24) is 0 Å². The number of amides is 1. The van der Waals surface area contributed by atoms with E-state index in [1.54, 1.807) is 24.3 Å². The van der Waals surface area contributed by atoms with Gasteiger partial charge in [-0.1, -0.05) is 35.9 Å². The number of carbonyl (C=O) groups excluding carboxylic acids is 1. The number of carbonyl (C=O) groups is 2. The van der Waals surface area contributed by atoms with Crippen molar-refractivity contribution in [3.63, 3.8) is 0 Å². The Morgan fingerprint density at radius 3 is 2.42 bits per heavy atom. The average molecular weight is 685 g/mol. The van der Waals surface area contributed by atoms with E-state index in [0.29, 0.717) is 22.9 Å². The van der Waals surface area contributed by atoms with Crippen molar-refractivity contribution in [2.24, 2.45) is 0 Å². The highest BCUT2D eigenvalue weighted by atomic mass is 127. The van der Waals surface area contributed by atoms with E-state index in [9.17, 15) is 14.9 Å². The molecule has 1 amide bonds. The van der Waals surface area contributed by atoms with Crippen LogP contribution in [0, 0.1) is 18.5 Å². The number of benzene rings is 3. The highest BCUT2D eigenvalue weighted by Crippen LogP contribution is 2.31. The maximum atomic E-state index is 12.6. The van der Waals surface area contributed by atoms with Gasteiger partial charge in [0.25, 0.3) is 5.91 Å². The molecule has 3 aromatic carbocycles. The van der Waals surface area contributed by atoms with Gasteiger partial charge >= 0.3 is 5.97 Å². The van der Waals surface area contributed by atoms with Crippen LogP contribution in [0.1, 0.15) is 21.5 Å². The lowest BCUT2D eigenvalue weighted by molar-refractivity contribution is -0.112. The van der Waals surface area contributed by atoms with Crippen LogP contribution in [0.25, 0.3) is 6.08 Å². The molecule has 0 saturated heterocycles. The highest BCUT2D eigenvalue weighted by Gasteiger charge is 2.14. The van der Waals surface area contributed by atoms with E-state index < -0.39 is 11.9 Å². The Labute approximate surface area is 222 Å². The lowest BCUT2D eigenvalue weighted by Gasteiger charge is -2.12. The molecule has 0 aromatic heterocycles. The molecule has 3 rings (SSSR count). The third-order valence-electron chi connectivity index (χ3n) is 4.39. The number of anilines is 1. The van der Waals surface area contributed by atoms with Gasteiger partial charge in [-0.15, -0.1) is 0 Å². The van der Waals surface area contributed by atoms with Gasteiger partial charge in [-0.3, -0.25) is 4.79 Å². The van der Waals surface area contributed by atoms with Crippen LogP contribution in [-0.4, -0.2) is 17.0 Å². The van der Waals surface area contributed by atoms with Crippen LogP contribution in [-0.2, 0) is 11.4 Å². The third kappa shape index (κ3) is 6.69. The summed E-state index contributed by atoms with van der Waals surface area (Å²) in [6.45, 7) is 0.308. The Balaban J connectivity index is 1.79. The third-order valence-corrected chi connectivity index (χ3v) is 6.37. The fourth-order valence-corrected chi connectivity index (χ4v) is 5.13. The fourth-order valence-electron chi connectivity index (χ4n) is 2.81. The van der Waals surface area contributed by atoms with Gasteiger partial charge in [0, 0.05) is 16.3 Å². The van der Waals surface area contributed by atoms with E-state index in [-0.39, 0.29) is 16.8 Å². The summed E-state index contributed by atoms with van der Waals surface area (Å²) in [5, 5.41) is 21.8. The molecular weight excluding hydrogens is 670 g/mol. The summed E-state index contributed by atoms with van der Waals surface area (Å²) in [4.78, 5) is 23.7. The second-order valence-electron chi connectivity index (χ2n) is 6.70. The van der Waals surface area contributed by atoms with Crippen molar-refractivity contribution in [3.05, 3.63) is 95.1 Å². The first-order valence-corrected chi connectivity index (χ1v) is 11.9. The second kappa shape index (κ2) is 11.5. The quantitative estimate of drug-likeness (QED) is 0.171. The van der Waals surface area contributed by atoms with Crippen LogP contribution in [0.3, 0.4) is 0 Å². The van der Waals surface area contributed by atoms with Gasteiger partial charge in [0.05, 0.1) is 12.7 Å². The van der Waals surface area contributed by atoms with Crippen LogP contribution < -0.4 is 10.1 Å². The number of ether oxygens (including phenoxy) is 1. The van der Waals surface area contributed by atoms with E-state index in [1.165, 1.54) is 24.3 Å². The zero-order valence-corrected chi connectivity index (χ0v) is 21.9. The van der Waals surface area contributed by atoms with Crippen molar-refractivity contribution in [1.29, 1.82) is 5.26 Å². The molecule has 0 fully saturated rings. The molecule has 33 heavy (non-hydrogen) atoms. The van der Waals surface area contributed by atoms with Gasteiger partial charge in [0.2, 0.25) is 0 Å². The Bertz CT molecular complexity index is 1280. The Morgan fingerprint density at radius 2 is 1.79 bits per heavy atom. The standard InChI is InChI=1S/C24H15ClI2N2O4/c25-19-7-2-1-4-16(19)13-33-22-20(26)9-14(10-21(22)27)8-17(12-28)23(30)29-18-6-3-5-15(11-18)24(31)32/h1-11H,13H2,(H,29,30)(H,31,32)/b17-8-. The minimum atomic E-state index is -1.11. The zero-order chi connectivity index (χ0) is 24.0. The summed E-state index contributed by atoms with van der Waals surface area (Å²) >= 11 is 10.5. The van der Waals surface area contributed by atoms with Crippen molar-refractivity contribution in [2.45, 2.75) is 6.61 Å². The number of halogens is 3. The molecular formula is C24H15ClI2N2O4. The highest BCUT2D eigenvalue weighted by molar-refractivity contribution is 14.1. The molecule has 2 N–H and O–H groups in total. The van der Waals surface area contributed by atoms with E-state index in [4.69, 9.17) is 21.4 Å². The van der Waals surface area contributed by atoms with Gasteiger partial charge in [-0.2, -0.15) is 5.26 Å². The maximum Gasteiger partial charge on any atom is 0.335 e. The molecule has 166 valence electrons. The van der Waals surface area contributed by atoms with Crippen molar-refractivity contribution >= 4 is 80.4 Å². The predicted octanol–water partition coefficient (Wildman–Crippen LogP) is 6.37. The van der Waals surface area contributed by atoms with Crippen LogP contribution in [0.4, 0.5) is 5.69 Å². The van der Waals surface area contributed by atoms with Crippen molar-refractivity contribution < 1.29 is 19.4 Å². The first kappa shape index (κ1) is 25.0. The van der Waals surface area contributed by atoms with E-state index in [0.717, 1.165) is 12.7 Å². The van der Waals surface area contributed by atoms with Crippen LogP contribution in [0.5, 0.6) is 5.75 Å². The lowest BCUT2D eigenvalue weighted by Crippen LogP contribution is -2.14. The number of carboxylic acids is 1. The first-order valence-electron chi connectivity index (χ1n) is 9.40. The van der Waals surface area contributed by atoms with Crippen LogP contribution >= 0.6 is 56.8 Å². The second-order valence-corrected chi connectivity index (χ2v) is 9.44. The summed E-state index contributed by atoms with van der Waals surface area (Å²) in [5.41, 5.74) is 1.72. The summed E-state index contributed by atoms with van der Waals surface area (Å²) in [5.74, 6) is -1.06. The van der Waals surface area contributed by atoms with E-state index in [2.05, 4.69) is 50.5 Å². The van der Waals surface area contributed by atoms with Gasteiger partial charge in [0.15, 0.2) is 0 Å². The molecule has 0 radical (unpaired) electrons. The fraction of sp³-hybridized carbons (Fsp3) is 0.0417. The normalized spacial score (nSPS) is 10.9. The SMILES string of the molecule is N#C/C(=C/c1cc(I)c(OCc2ccccc2Cl)c(I)c1)C(=O)Nc1cccc(C(=O)O)c1. The maximum absolute atomic E-state index is 12.6. The van der Waals surface area contributed by atoms with Crippen molar-refractivity contribution in [2.75, 3.05) is 5.32 Å². The number of hydrogen-bond donors (Lipinski definition) is 2. The van der Waals surface area contributed by atoms with Gasteiger partial charge < -0.3 is 15.2 Å². The number of aromatic carboxylic acids is 1. The molecule has 0 atom stereocenters. The summed E-state index contributed by atoms with van der Waals surface area (Å²) in [6.07, 6.45) is 1.47. The topological polar surface area (TPSA) is 99.4 Å². The number of carboxylic acid groups (broad SMARTS) is 1. The van der Waals surface area contributed by atoms with Gasteiger partial charge in [-0.05, 0) is 93.2 Å². The molecule has 3 aromatic rings. The number of rotatable bonds is 7. The summed E-state index contributed by atoms with van der Waals surface area (Å²) in [6, 6.07) is 18.8. The summed E-state index contributed by atoms with van der Waals surface area (Å²) in [7, 11) is 0. The molecule has 0 aliphatic heterocycles. The largest absolute Gasteiger partial charge is 0.487 e. The molecule has 9 heteroatoms. The minimum Gasteiger partial charge on any atom is -0.487 e. The lowest BCUT2D eigenvalue weighted by atomic mass is 10.1. The van der Waals surface area contributed by atoms with E-state index in [1.807, 2.05) is 24.3 Å². The minimum absolute atomic E-state index is 0.0340. The average Bonchev–Trinajstić information content (AvgIpc) is 2.78. The number of hydrogen-bond acceptors (Lipinski definition) is 4. The molecule has 0 bridgehead atoms. The van der Waals surface area contributed by atoms with Crippen molar-refractivity contribution in [3.8, 4) is 11.8 Å². The van der Waals surface area contributed by atoms with Gasteiger partial charge in [-0.25, -0.2) is 4.79 Å². The number of nitrogens with zero attached hydrogens (tertiary/aromatic N) is 1. The van der Waals surface area contributed by atoms with Crippen LogP contribution in [0.15, 0.2) is 66.2 Å². The smallest absolute Gasteiger partial charge is 0.335 e. The molecule has 0 heterocycles. The van der Waals surface area contributed by atoms with Gasteiger partial charge in [0.1, 0.15) is 24.0 Å². The molecule has 0 unspecified atom stereocenters. The predicted molar refractivity (Wildman–Crippen MR) is 143 cm³/mol. The molecule has 0 spiro atoms. The first-order chi connectivity index (χ1) is 15.8. The number of nitrogens with one attached hydrogen (secondary N) is 1. The molecule has 6 nitrogen and oxygen atoms in total. The Morgan fingerprint density at radius 1 is 1.09 bits per heavy atom. The monoisotopic (exact) mass is 684 g/mol. The summed E-state index contributed by atoms with van der Waals surface area (Å²) < 4.78 is 7.59. The Hall–Kier alpha value is -2.62. The zero-order valence-electron chi connectivity index (χ0n) is 16.8. The molecule has 0 saturated carbocycles. The molecule has 0 aliphatic carbocycles. The Kier molecular flexibility index (Phi) is 8.71.